The summed E-state index contributed by atoms with van der Waals surface area (Å²) in [7, 11) is 0. The fourth-order valence-electron chi connectivity index (χ4n) is 4.10. The van der Waals surface area contributed by atoms with Gasteiger partial charge in [0.15, 0.2) is 0 Å². The molecule has 1 aliphatic carbocycles. The van der Waals surface area contributed by atoms with Crippen LogP contribution in [-0.4, -0.2) is 16.0 Å². The first kappa shape index (κ1) is 12.2. The predicted molar refractivity (Wildman–Crippen MR) is 88.3 cm³/mol. The summed E-state index contributed by atoms with van der Waals surface area (Å²) in [4.78, 5) is 8.48. The quantitative estimate of drug-likeness (QED) is 0.693. The number of aromatic amines is 1. The summed E-state index contributed by atoms with van der Waals surface area (Å²) in [5.41, 5.74) is 2.24. The fraction of sp³-hybridized carbons (Fsp3) is 0.353. The van der Waals surface area contributed by atoms with Crippen LogP contribution in [0.2, 0.25) is 0 Å². The van der Waals surface area contributed by atoms with Gasteiger partial charge in [-0.1, -0.05) is 28.1 Å². The first-order chi connectivity index (χ1) is 10.3. The van der Waals surface area contributed by atoms with Gasteiger partial charge < -0.3 is 10.3 Å². The summed E-state index contributed by atoms with van der Waals surface area (Å²) in [5, 5.41) is 6.18. The van der Waals surface area contributed by atoms with Crippen LogP contribution < -0.4 is 5.32 Å². The minimum atomic E-state index is 0.418. The molecule has 5 rings (SSSR count). The topological polar surface area (TPSA) is 40.7 Å². The van der Waals surface area contributed by atoms with E-state index in [9.17, 15) is 0 Å². The Morgan fingerprint density at radius 1 is 1.14 bits per heavy atom. The van der Waals surface area contributed by atoms with Gasteiger partial charge in [-0.15, -0.1) is 0 Å². The number of piperidine rings is 1. The molecule has 1 aliphatic heterocycles. The average molecular weight is 342 g/mol. The maximum absolute atomic E-state index is 4.94. The highest BCUT2D eigenvalue weighted by molar-refractivity contribution is 9.10. The van der Waals surface area contributed by atoms with Crippen LogP contribution in [0.4, 0.5) is 0 Å². The molecule has 0 spiro atoms. The summed E-state index contributed by atoms with van der Waals surface area (Å²) in [5.74, 6) is 1.88. The second kappa shape index (κ2) is 4.31. The molecule has 3 aromatic rings. The average Bonchev–Trinajstić information content (AvgIpc) is 3.20. The van der Waals surface area contributed by atoms with Crippen LogP contribution in [0.5, 0.6) is 0 Å². The molecule has 106 valence electrons. The number of nitrogens with one attached hydrogen (secondary N) is 2. The van der Waals surface area contributed by atoms with Crippen molar-refractivity contribution in [1.82, 2.24) is 15.3 Å². The molecule has 1 saturated carbocycles. The zero-order valence-electron chi connectivity index (χ0n) is 11.6. The lowest BCUT2D eigenvalue weighted by Crippen LogP contribution is -2.29. The third-order valence-electron chi connectivity index (χ3n) is 5.10. The number of rotatable bonds is 1. The predicted octanol–water partition coefficient (Wildman–Crippen LogP) is 4.29. The third kappa shape index (κ3) is 1.79. The number of aromatic nitrogens is 2. The minimum Gasteiger partial charge on any atom is -0.341 e. The van der Waals surface area contributed by atoms with E-state index in [1.807, 2.05) is 0 Å². The van der Waals surface area contributed by atoms with Gasteiger partial charge in [-0.25, -0.2) is 4.98 Å². The molecule has 2 N–H and O–H groups in total. The van der Waals surface area contributed by atoms with Gasteiger partial charge >= 0.3 is 0 Å². The number of halogens is 1. The van der Waals surface area contributed by atoms with Crippen molar-refractivity contribution in [2.75, 3.05) is 0 Å². The molecule has 1 aromatic heterocycles. The molecule has 2 aromatic carbocycles. The molecule has 2 heterocycles. The number of hydrogen-bond acceptors (Lipinski definition) is 2. The summed E-state index contributed by atoms with van der Waals surface area (Å²) in [6, 6.07) is 11.8. The van der Waals surface area contributed by atoms with Gasteiger partial charge in [-0.2, -0.15) is 0 Å². The van der Waals surface area contributed by atoms with Crippen LogP contribution in [0.25, 0.3) is 21.8 Å². The lowest BCUT2D eigenvalue weighted by Gasteiger charge is -2.20. The van der Waals surface area contributed by atoms with Crippen LogP contribution >= 0.6 is 15.9 Å². The van der Waals surface area contributed by atoms with Crippen LogP contribution in [0.15, 0.2) is 34.8 Å². The Morgan fingerprint density at radius 3 is 2.90 bits per heavy atom. The molecule has 3 nitrogen and oxygen atoms in total. The van der Waals surface area contributed by atoms with Crippen molar-refractivity contribution in [1.29, 1.82) is 0 Å². The van der Waals surface area contributed by atoms with Crippen molar-refractivity contribution >= 4 is 37.7 Å². The number of benzene rings is 2. The summed E-state index contributed by atoms with van der Waals surface area (Å²) < 4.78 is 1.11. The molecule has 3 atom stereocenters. The number of H-pyrrole nitrogens is 1. The third-order valence-corrected chi connectivity index (χ3v) is 5.60. The van der Waals surface area contributed by atoms with Crippen molar-refractivity contribution in [3.8, 4) is 0 Å². The SMILES string of the molecule is Brc1ccc2c(ccc3[nH]c(C4NC5CCC4C5)nc32)c1. The van der Waals surface area contributed by atoms with Gasteiger partial charge in [0.05, 0.1) is 17.1 Å². The summed E-state index contributed by atoms with van der Waals surface area (Å²) in [6.45, 7) is 0. The molecule has 1 saturated heterocycles. The zero-order valence-corrected chi connectivity index (χ0v) is 13.2. The Morgan fingerprint density at radius 2 is 2.10 bits per heavy atom. The van der Waals surface area contributed by atoms with E-state index in [1.54, 1.807) is 0 Å². The molecule has 4 heteroatoms. The van der Waals surface area contributed by atoms with E-state index in [1.165, 1.54) is 30.0 Å². The van der Waals surface area contributed by atoms with Crippen LogP contribution in [0.3, 0.4) is 0 Å². The van der Waals surface area contributed by atoms with Crippen molar-refractivity contribution in [2.24, 2.45) is 5.92 Å². The van der Waals surface area contributed by atoms with E-state index in [2.05, 4.69) is 56.6 Å². The smallest absolute Gasteiger partial charge is 0.124 e. The molecule has 3 unspecified atom stereocenters. The van der Waals surface area contributed by atoms with E-state index < -0.39 is 0 Å². The van der Waals surface area contributed by atoms with E-state index in [0.29, 0.717) is 12.1 Å². The lowest BCUT2D eigenvalue weighted by atomic mass is 10.00. The van der Waals surface area contributed by atoms with Crippen LogP contribution in [0.1, 0.15) is 31.1 Å². The highest BCUT2D eigenvalue weighted by Crippen LogP contribution is 2.42. The van der Waals surface area contributed by atoms with E-state index in [0.717, 1.165) is 27.2 Å². The Kier molecular flexibility index (Phi) is 2.50. The second-order valence-electron chi connectivity index (χ2n) is 6.36. The summed E-state index contributed by atoms with van der Waals surface area (Å²) in [6.07, 6.45) is 3.99. The maximum atomic E-state index is 4.94. The largest absolute Gasteiger partial charge is 0.341 e. The van der Waals surface area contributed by atoms with E-state index in [4.69, 9.17) is 4.98 Å². The molecule has 2 bridgehead atoms. The summed E-state index contributed by atoms with van der Waals surface area (Å²) >= 11 is 3.54. The maximum Gasteiger partial charge on any atom is 0.124 e. The molecule has 2 fully saturated rings. The minimum absolute atomic E-state index is 0.418. The number of hydrogen-bond donors (Lipinski definition) is 2. The van der Waals surface area contributed by atoms with Gasteiger partial charge in [0, 0.05) is 15.9 Å². The van der Waals surface area contributed by atoms with Crippen molar-refractivity contribution < 1.29 is 0 Å². The number of nitrogens with zero attached hydrogens (tertiary/aromatic N) is 1. The normalized spacial score (nSPS) is 28.0. The monoisotopic (exact) mass is 341 g/mol. The van der Waals surface area contributed by atoms with Gasteiger partial charge in [0.25, 0.3) is 0 Å². The Balaban J connectivity index is 1.68. The Hall–Kier alpha value is -1.39. The molecule has 2 aliphatic rings. The fourth-order valence-corrected chi connectivity index (χ4v) is 4.48. The number of fused-ring (bicyclic) bond motifs is 5. The molecule has 0 amide bonds. The molecule has 0 radical (unpaired) electrons. The van der Waals surface area contributed by atoms with Crippen LogP contribution in [-0.2, 0) is 0 Å². The number of imidazole rings is 1. The zero-order chi connectivity index (χ0) is 14.0. The van der Waals surface area contributed by atoms with Gasteiger partial charge in [0.1, 0.15) is 5.82 Å². The second-order valence-corrected chi connectivity index (χ2v) is 7.28. The van der Waals surface area contributed by atoms with Gasteiger partial charge in [0.2, 0.25) is 0 Å². The van der Waals surface area contributed by atoms with E-state index >= 15 is 0 Å². The highest BCUT2D eigenvalue weighted by atomic mass is 79.9. The Labute approximate surface area is 131 Å². The van der Waals surface area contributed by atoms with E-state index in [-0.39, 0.29) is 0 Å². The molecular weight excluding hydrogens is 326 g/mol. The van der Waals surface area contributed by atoms with Crippen LogP contribution in [0, 0.1) is 5.92 Å². The van der Waals surface area contributed by atoms with Crippen molar-refractivity contribution in [3.63, 3.8) is 0 Å². The van der Waals surface area contributed by atoms with Crippen molar-refractivity contribution in [2.45, 2.75) is 31.3 Å². The standard InChI is InChI=1S/C17H16BrN3/c18-11-3-5-13-9(7-11)2-6-14-16(13)21-17(20-14)15-10-1-4-12(8-10)19-15/h2-3,5-7,10,12,15,19H,1,4,8H2,(H,20,21). The molecular formula is C17H16BrN3. The first-order valence-corrected chi connectivity index (χ1v) is 8.41. The lowest BCUT2D eigenvalue weighted by molar-refractivity contribution is 0.380. The Bertz CT molecular complexity index is 854. The van der Waals surface area contributed by atoms with Gasteiger partial charge in [-0.05, 0) is 48.8 Å². The van der Waals surface area contributed by atoms with Gasteiger partial charge in [-0.3, -0.25) is 0 Å². The first-order valence-electron chi connectivity index (χ1n) is 7.62. The molecule has 21 heavy (non-hydrogen) atoms. The van der Waals surface area contributed by atoms with Crippen molar-refractivity contribution in [3.05, 3.63) is 40.6 Å². The highest BCUT2D eigenvalue weighted by Gasteiger charge is 2.41.